The predicted octanol–water partition coefficient (Wildman–Crippen LogP) is 3.89. The Bertz CT molecular complexity index is 369. The molecule has 0 saturated heterocycles. The third kappa shape index (κ3) is 3.81. The van der Waals surface area contributed by atoms with Gasteiger partial charge in [-0.1, -0.05) is 47.3 Å². The molecule has 0 aliphatic heterocycles. The van der Waals surface area contributed by atoms with Gasteiger partial charge in [0.2, 0.25) is 0 Å². The molecular weight excluding hydrogens is 290 g/mol. The van der Waals surface area contributed by atoms with Crippen molar-refractivity contribution in [1.29, 1.82) is 0 Å². The fraction of sp³-hybridized carbons (Fsp3) is 0.600. The van der Waals surface area contributed by atoms with E-state index in [0.717, 1.165) is 11.0 Å². The first-order chi connectivity index (χ1) is 8.74. The van der Waals surface area contributed by atoms with Gasteiger partial charge in [-0.25, -0.2) is 0 Å². The Morgan fingerprint density at radius 2 is 2.06 bits per heavy atom. The summed E-state index contributed by atoms with van der Waals surface area (Å²) in [5, 5.41) is 3.29. The molecule has 0 heterocycles. The van der Waals surface area contributed by atoms with E-state index in [0.29, 0.717) is 6.61 Å². The van der Waals surface area contributed by atoms with E-state index in [1.807, 2.05) is 13.1 Å². The number of nitrogens with one attached hydrogen (secondary N) is 1. The average Bonchev–Trinajstić information content (AvgIpc) is 2.38. The van der Waals surface area contributed by atoms with E-state index in [9.17, 15) is 0 Å². The van der Waals surface area contributed by atoms with Crippen LogP contribution >= 0.6 is 15.9 Å². The summed E-state index contributed by atoms with van der Waals surface area (Å²) in [6, 6.07) is 8.37. The third-order valence-electron chi connectivity index (χ3n) is 3.70. The molecule has 0 atom stereocenters. The molecule has 100 valence electrons. The largest absolute Gasteiger partial charge is 0.369 e. The minimum Gasteiger partial charge on any atom is -0.369 e. The second-order valence-electron chi connectivity index (χ2n) is 5.19. The predicted molar refractivity (Wildman–Crippen MR) is 78.7 cm³/mol. The van der Waals surface area contributed by atoms with Crippen molar-refractivity contribution in [2.45, 2.75) is 44.3 Å². The smallest absolute Gasteiger partial charge is 0.0810 e. The van der Waals surface area contributed by atoms with Gasteiger partial charge in [0.1, 0.15) is 0 Å². The Morgan fingerprint density at radius 1 is 1.28 bits per heavy atom. The van der Waals surface area contributed by atoms with Crippen molar-refractivity contribution < 1.29 is 4.74 Å². The summed E-state index contributed by atoms with van der Waals surface area (Å²) in [4.78, 5) is 0. The van der Waals surface area contributed by atoms with Crippen molar-refractivity contribution in [3.63, 3.8) is 0 Å². The van der Waals surface area contributed by atoms with Crippen LogP contribution in [0.5, 0.6) is 0 Å². The number of rotatable bonds is 5. The van der Waals surface area contributed by atoms with E-state index in [2.05, 4.69) is 39.4 Å². The van der Waals surface area contributed by atoms with E-state index in [-0.39, 0.29) is 5.60 Å². The zero-order valence-corrected chi connectivity index (χ0v) is 12.6. The third-order valence-corrected chi connectivity index (χ3v) is 4.19. The van der Waals surface area contributed by atoms with Crippen LogP contribution in [-0.4, -0.2) is 19.2 Å². The van der Waals surface area contributed by atoms with Crippen LogP contribution in [0.25, 0.3) is 0 Å². The van der Waals surface area contributed by atoms with Crippen LogP contribution in [0, 0.1) is 0 Å². The normalized spacial score (nSPS) is 18.8. The van der Waals surface area contributed by atoms with Gasteiger partial charge in [-0.05, 0) is 37.6 Å². The summed E-state index contributed by atoms with van der Waals surface area (Å²) < 4.78 is 7.39. The van der Waals surface area contributed by atoms with Gasteiger partial charge in [0.05, 0.1) is 12.2 Å². The van der Waals surface area contributed by atoms with Gasteiger partial charge in [0.25, 0.3) is 0 Å². The first-order valence-corrected chi connectivity index (χ1v) is 7.56. The second kappa shape index (κ2) is 6.69. The van der Waals surface area contributed by atoms with Crippen molar-refractivity contribution in [2.75, 3.05) is 13.6 Å². The Labute approximate surface area is 118 Å². The number of ether oxygens (including phenoxy) is 1. The fourth-order valence-corrected chi connectivity index (χ4v) is 3.20. The minimum absolute atomic E-state index is 0.0509. The summed E-state index contributed by atoms with van der Waals surface area (Å²) >= 11 is 3.50. The maximum atomic E-state index is 6.27. The molecule has 1 N–H and O–H groups in total. The second-order valence-corrected chi connectivity index (χ2v) is 6.11. The van der Waals surface area contributed by atoms with Gasteiger partial charge in [0, 0.05) is 11.0 Å². The first kappa shape index (κ1) is 14.0. The lowest BCUT2D eigenvalue weighted by Gasteiger charge is -2.37. The summed E-state index contributed by atoms with van der Waals surface area (Å²) in [6.45, 7) is 1.67. The molecule has 1 aliphatic carbocycles. The molecule has 2 nitrogen and oxygen atoms in total. The Morgan fingerprint density at radius 3 is 2.72 bits per heavy atom. The monoisotopic (exact) mass is 311 g/mol. The number of hydrogen-bond acceptors (Lipinski definition) is 2. The highest BCUT2D eigenvalue weighted by atomic mass is 79.9. The van der Waals surface area contributed by atoms with Gasteiger partial charge in [-0.15, -0.1) is 0 Å². The van der Waals surface area contributed by atoms with Crippen LogP contribution in [0.2, 0.25) is 0 Å². The molecule has 18 heavy (non-hydrogen) atoms. The molecule has 0 amide bonds. The van der Waals surface area contributed by atoms with E-state index in [1.165, 1.54) is 37.7 Å². The van der Waals surface area contributed by atoms with Crippen LogP contribution < -0.4 is 5.32 Å². The molecule has 1 aromatic rings. The van der Waals surface area contributed by atoms with Crippen LogP contribution in [0.15, 0.2) is 28.7 Å². The average molecular weight is 312 g/mol. The Hall–Kier alpha value is -0.380. The summed E-state index contributed by atoms with van der Waals surface area (Å²) in [5.74, 6) is 0. The SMILES string of the molecule is CNCC1(OCc2cccc(Br)c2)CCCCC1. The number of benzene rings is 1. The maximum Gasteiger partial charge on any atom is 0.0810 e. The molecule has 0 bridgehead atoms. The molecule has 0 aromatic heterocycles. The molecule has 0 radical (unpaired) electrons. The number of hydrogen-bond donors (Lipinski definition) is 1. The van der Waals surface area contributed by atoms with Crippen LogP contribution in [0.1, 0.15) is 37.7 Å². The molecule has 0 spiro atoms. The van der Waals surface area contributed by atoms with Gasteiger partial charge in [-0.2, -0.15) is 0 Å². The lowest BCUT2D eigenvalue weighted by atomic mass is 9.84. The van der Waals surface area contributed by atoms with Gasteiger partial charge in [-0.3, -0.25) is 0 Å². The number of likely N-dealkylation sites (N-methyl/N-ethyl adjacent to an activating group) is 1. The lowest BCUT2D eigenvalue weighted by Crippen LogP contribution is -2.43. The Balaban J connectivity index is 1.96. The van der Waals surface area contributed by atoms with Crippen LogP contribution in [0.4, 0.5) is 0 Å². The van der Waals surface area contributed by atoms with Gasteiger partial charge >= 0.3 is 0 Å². The van der Waals surface area contributed by atoms with Crippen LogP contribution in [0.3, 0.4) is 0 Å². The van der Waals surface area contributed by atoms with Crippen molar-refractivity contribution in [3.05, 3.63) is 34.3 Å². The van der Waals surface area contributed by atoms with Crippen molar-refractivity contribution in [3.8, 4) is 0 Å². The topological polar surface area (TPSA) is 21.3 Å². The van der Waals surface area contributed by atoms with E-state index >= 15 is 0 Å². The zero-order chi connectivity index (χ0) is 12.8. The Kier molecular flexibility index (Phi) is 5.22. The van der Waals surface area contributed by atoms with E-state index < -0.39 is 0 Å². The molecule has 1 aliphatic rings. The quantitative estimate of drug-likeness (QED) is 0.890. The zero-order valence-electron chi connectivity index (χ0n) is 11.0. The standard InChI is InChI=1S/C15H22BrNO/c1-17-12-15(8-3-2-4-9-15)18-11-13-6-5-7-14(16)10-13/h5-7,10,17H,2-4,8-9,11-12H2,1H3. The van der Waals surface area contributed by atoms with E-state index in [1.54, 1.807) is 0 Å². The highest BCUT2D eigenvalue weighted by Crippen LogP contribution is 2.32. The first-order valence-electron chi connectivity index (χ1n) is 6.77. The van der Waals surface area contributed by atoms with Gasteiger partial charge < -0.3 is 10.1 Å². The summed E-state index contributed by atoms with van der Waals surface area (Å²) in [7, 11) is 2.01. The summed E-state index contributed by atoms with van der Waals surface area (Å²) in [6.07, 6.45) is 6.30. The maximum absolute atomic E-state index is 6.27. The minimum atomic E-state index is 0.0509. The van der Waals surface area contributed by atoms with Crippen molar-refractivity contribution >= 4 is 15.9 Å². The molecule has 1 aromatic carbocycles. The van der Waals surface area contributed by atoms with Crippen LogP contribution in [-0.2, 0) is 11.3 Å². The molecule has 0 unspecified atom stereocenters. The van der Waals surface area contributed by atoms with Crippen molar-refractivity contribution in [2.24, 2.45) is 0 Å². The number of halogens is 1. The molecule has 2 rings (SSSR count). The van der Waals surface area contributed by atoms with Crippen molar-refractivity contribution in [1.82, 2.24) is 5.32 Å². The molecule has 1 fully saturated rings. The molecular formula is C15H22BrNO. The molecule has 3 heteroatoms. The lowest BCUT2D eigenvalue weighted by molar-refractivity contribution is -0.0775. The highest BCUT2D eigenvalue weighted by Gasteiger charge is 2.32. The fourth-order valence-electron chi connectivity index (χ4n) is 2.75. The summed E-state index contributed by atoms with van der Waals surface area (Å²) in [5.41, 5.74) is 1.29. The van der Waals surface area contributed by atoms with E-state index in [4.69, 9.17) is 4.74 Å². The highest BCUT2D eigenvalue weighted by molar-refractivity contribution is 9.10. The molecule has 1 saturated carbocycles. The van der Waals surface area contributed by atoms with Gasteiger partial charge in [0.15, 0.2) is 0 Å².